The van der Waals surface area contributed by atoms with Crippen molar-refractivity contribution in [2.75, 3.05) is 6.54 Å². The van der Waals surface area contributed by atoms with Crippen molar-refractivity contribution >= 4 is 5.91 Å². The van der Waals surface area contributed by atoms with Crippen LogP contribution in [-0.2, 0) is 19.4 Å². The number of aryl methyl sites for hydroxylation is 1. The molecular weight excluding hydrogens is 292 g/mol. The molecule has 1 fully saturated rings. The number of carbonyl (C=O) groups is 1. The molecule has 2 aromatic rings. The highest BCUT2D eigenvalue weighted by atomic mass is 16.2. The summed E-state index contributed by atoms with van der Waals surface area (Å²) >= 11 is 0. The summed E-state index contributed by atoms with van der Waals surface area (Å²) in [4.78, 5) is 15.0. The molecular formula is C16H22N6O. The molecule has 0 bridgehead atoms. The Kier molecular flexibility index (Phi) is 3.85. The van der Waals surface area contributed by atoms with Crippen molar-refractivity contribution in [3.8, 4) is 0 Å². The van der Waals surface area contributed by atoms with Gasteiger partial charge in [-0.3, -0.25) is 14.6 Å². The number of hydrogen-bond donors (Lipinski definition) is 1. The van der Waals surface area contributed by atoms with Gasteiger partial charge in [-0.2, -0.15) is 5.10 Å². The van der Waals surface area contributed by atoms with Crippen molar-refractivity contribution in [1.82, 2.24) is 30.1 Å². The first-order valence-corrected chi connectivity index (χ1v) is 8.54. The lowest BCUT2D eigenvalue weighted by atomic mass is 10.1. The van der Waals surface area contributed by atoms with Gasteiger partial charge < -0.3 is 4.90 Å². The maximum atomic E-state index is 13.0. The third-order valence-corrected chi connectivity index (χ3v) is 5.02. The van der Waals surface area contributed by atoms with Gasteiger partial charge in [-0.1, -0.05) is 11.6 Å². The third kappa shape index (κ3) is 2.75. The van der Waals surface area contributed by atoms with Crippen molar-refractivity contribution in [2.45, 2.75) is 57.5 Å². The Hall–Kier alpha value is -2.18. The molecule has 2 aromatic heterocycles. The SMILES string of the molecule is O=C(c1n[nH]c2c1CCCCC2)N1CCC[C@H]1Cn1ccnn1. The first kappa shape index (κ1) is 14.4. The molecule has 1 aliphatic carbocycles. The monoisotopic (exact) mass is 314 g/mol. The van der Waals surface area contributed by atoms with Gasteiger partial charge in [0.15, 0.2) is 5.69 Å². The Bertz CT molecular complexity index is 677. The zero-order valence-electron chi connectivity index (χ0n) is 13.2. The Morgan fingerprint density at radius 3 is 3.04 bits per heavy atom. The number of H-pyrrole nitrogens is 1. The Morgan fingerprint density at radius 1 is 1.26 bits per heavy atom. The summed E-state index contributed by atoms with van der Waals surface area (Å²) in [6, 6.07) is 0.183. The van der Waals surface area contributed by atoms with Gasteiger partial charge in [-0.05, 0) is 38.5 Å². The number of carbonyl (C=O) groups excluding carboxylic acids is 1. The van der Waals surface area contributed by atoms with Gasteiger partial charge in [0.25, 0.3) is 5.91 Å². The zero-order chi connectivity index (χ0) is 15.6. The van der Waals surface area contributed by atoms with Crippen LogP contribution < -0.4 is 0 Å². The second-order valence-electron chi connectivity index (χ2n) is 6.51. The van der Waals surface area contributed by atoms with Crippen LogP contribution in [0.3, 0.4) is 0 Å². The summed E-state index contributed by atoms with van der Waals surface area (Å²) in [5.41, 5.74) is 2.96. The fraction of sp³-hybridized carbons (Fsp3) is 0.625. The number of nitrogens with one attached hydrogen (secondary N) is 1. The van der Waals surface area contributed by atoms with Crippen LogP contribution >= 0.6 is 0 Å². The van der Waals surface area contributed by atoms with Crippen LogP contribution in [0.15, 0.2) is 12.4 Å². The number of aromatic nitrogens is 5. The molecule has 7 nitrogen and oxygen atoms in total. The molecule has 0 unspecified atom stereocenters. The average Bonchev–Trinajstić information content (AvgIpc) is 3.27. The normalized spacial score (nSPS) is 21.2. The molecule has 1 atom stereocenters. The maximum Gasteiger partial charge on any atom is 0.274 e. The van der Waals surface area contributed by atoms with Gasteiger partial charge in [-0.25, -0.2) is 0 Å². The van der Waals surface area contributed by atoms with Crippen LogP contribution in [-0.4, -0.2) is 48.6 Å². The summed E-state index contributed by atoms with van der Waals surface area (Å²) in [6.45, 7) is 1.51. The standard InChI is InChI=1S/C16H22N6O/c23-16(15-13-6-2-1-3-7-14(13)18-19-15)22-9-4-5-12(22)11-21-10-8-17-20-21/h8,10,12H,1-7,9,11H2,(H,18,19)/t12-/m0/s1. The molecule has 0 saturated carbocycles. The maximum absolute atomic E-state index is 13.0. The number of nitrogens with zero attached hydrogens (tertiary/aromatic N) is 5. The molecule has 0 spiro atoms. The number of likely N-dealkylation sites (tertiary alicyclic amines) is 1. The number of aromatic amines is 1. The molecule has 1 N–H and O–H groups in total. The van der Waals surface area contributed by atoms with Crippen LogP contribution in [0, 0.1) is 0 Å². The van der Waals surface area contributed by atoms with E-state index in [0.29, 0.717) is 12.2 Å². The molecule has 1 amide bonds. The quantitative estimate of drug-likeness (QED) is 0.872. The molecule has 2 aliphatic rings. The van der Waals surface area contributed by atoms with E-state index in [1.54, 1.807) is 10.9 Å². The molecule has 1 aliphatic heterocycles. The van der Waals surface area contributed by atoms with Gasteiger partial charge >= 0.3 is 0 Å². The van der Waals surface area contributed by atoms with Gasteiger partial charge in [-0.15, -0.1) is 5.10 Å². The first-order valence-electron chi connectivity index (χ1n) is 8.54. The lowest BCUT2D eigenvalue weighted by Gasteiger charge is -2.24. The fourth-order valence-electron chi connectivity index (χ4n) is 3.81. The Morgan fingerprint density at radius 2 is 2.17 bits per heavy atom. The first-order chi connectivity index (χ1) is 11.3. The molecule has 23 heavy (non-hydrogen) atoms. The van der Waals surface area contributed by atoms with E-state index in [9.17, 15) is 4.79 Å². The highest BCUT2D eigenvalue weighted by Crippen LogP contribution is 2.26. The van der Waals surface area contributed by atoms with Crippen LogP contribution in [0.25, 0.3) is 0 Å². The average molecular weight is 314 g/mol. The highest BCUT2D eigenvalue weighted by molar-refractivity contribution is 5.94. The van der Waals surface area contributed by atoms with Crippen molar-refractivity contribution in [2.24, 2.45) is 0 Å². The van der Waals surface area contributed by atoms with E-state index in [1.807, 2.05) is 11.1 Å². The smallest absolute Gasteiger partial charge is 0.274 e. The minimum absolute atomic E-state index is 0.0759. The van der Waals surface area contributed by atoms with Gasteiger partial charge in [0, 0.05) is 24.0 Å². The summed E-state index contributed by atoms with van der Waals surface area (Å²) < 4.78 is 1.81. The number of rotatable bonds is 3. The minimum Gasteiger partial charge on any atom is -0.332 e. The molecule has 1 saturated heterocycles. The molecule has 7 heteroatoms. The molecule has 0 radical (unpaired) electrons. The second-order valence-corrected chi connectivity index (χ2v) is 6.51. The van der Waals surface area contributed by atoms with Crippen LogP contribution in [0.5, 0.6) is 0 Å². The lowest BCUT2D eigenvalue weighted by molar-refractivity contribution is 0.0714. The molecule has 3 heterocycles. The zero-order valence-corrected chi connectivity index (χ0v) is 13.2. The van der Waals surface area contributed by atoms with E-state index in [-0.39, 0.29) is 11.9 Å². The van der Waals surface area contributed by atoms with E-state index in [1.165, 1.54) is 12.8 Å². The van der Waals surface area contributed by atoms with E-state index in [2.05, 4.69) is 20.5 Å². The summed E-state index contributed by atoms with van der Waals surface area (Å²) in [6.07, 6.45) is 11.1. The van der Waals surface area contributed by atoms with Gasteiger partial charge in [0.05, 0.1) is 18.8 Å². The van der Waals surface area contributed by atoms with Crippen LogP contribution in [0.4, 0.5) is 0 Å². The minimum atomic E-state index is 0.0759. The van der Waals surface area contributed by atoms with Crippen LogP contribution in [0.1, 0.15) is 53.8 Å². The third-order valence-electron chi connectivity index (χ3n) is 5.02. The number of hydrogen-bond acceptors (Lipinski definition) is 4. The topological polar surface area (TPSA) is 79.7 Å². The summed E-state index contributed by atoms with van der Waals surface area (Å²) in [7, 11) is 0. The van der Waals surface area contributed by atoms with E-state index >= 15 is 0 Å². The Labute approximate surface area is 135 Å². The summed E-state index contributed by atoms with van der Waals surface area (Å²) in [5.74, 6) is 0.0759. The summed E-state index contributed by atoms with van der Waals surface area (Å²) in [5, 5.41) is 15.3. The van der Waals surface area contributed by atoms with Crippen molar-refractivity contribution in [3.63, 3.8) is 0 Å². The number of amides is 1. The predicted octanol–water partition coefficient (Wildman–Crippen LogP) is 1.57. The van der Waals surface area contributed by atoms with Gasteiger partial charge in [0.2, 0.25) is 0 Å². The predicted molar refractivity (Wildman–Crippen MR) is 83.9 cm³/mol. The van der Waals surface area contributed by atoms with E-state index in [4.69, 9.17) is 0 Å². The fourth-order valence-corrected chi connectivity index (χ4v) is 3.81. The number of fused-ring (bicyclic) bond motifs is 1. The second kappa shape index (κ2) is 6.14. The van der Waals surface area contributed by atoms with E-state index in [0.717, 1.165) is 49.9 Å². The molecule has 0 aromatic carbocycles. The molecule has 122 valence electrons. The molecule has 4 rings (SSSR count). The van der Waals surface area contributed by atoms with Crippen molar-refractivity contribution in [3.05, 3.63) is 29.3 Å². The van der Waals surface area contributed by atoms with Gasteiger partial charge in [0.1, 0.15) is 0 Å². The van der Waals surface area contributed by atoms with Crippen molar-refractivity contribution in [1.29, 1.82) is 0 Å². The van der Waals surface area contributed by atoms with E-state index < -0.39 is 0 Å². The largest absolute Gasteiger partial charge is 0.332 e. The Balaban J connectivity index is 1.55. The lowest BCUT2D eigenvalue weighted by Crippen LogP contribution is -2.38. The van der Waals surface area contributed by atoms with Crippen molar-refractivity contribution < 1.29 is 4.79 Å². The van der Waals surface area contributed by atoms with Crippen LogP contribution in [0.2, 0.25) is 0 Å². The highest BCUT2D eigenvalue weighted by Gasteiger charge is 2.33.